The highest BCUT2D eigenvalue weighted by Crippen LogP contribution is 2.26. The molecule has 8 heteroatoms. The normalized spacial score (nSPS) is 15.4. The van der Waals surface area contributed by atoms with E-state index in [2.05, 4.69) is 10.3 Å². The fourth-order valence-corrected chi connectivity index (χ4v) is 2.93. The second-order valence-electron chi connectivity index (χ2n) is 5.83. The molecule has 3 rings (SSSR count). The number of ether oxygens (including phenoxy) is 1. The Kier molecular flexibility index (Phi) is 5.32. The van der Waals surface area contributed by atoms with E-state index in [0.717, 1.165) is 34.5 Å². The summed E-state index contributed by atoms with van der Waals surface area (Å²) in [4.78, 5) is 29.3. The van der Waals surface area contributed by atoms with Gasteiger partial charge in [0.05, 0.1) is 17.1 Å². The lowest BCUT2D eigenvalue weighted by Gasteiger charge is -2.15. The molecule has 1 fully saturated rings. The SMILES string of the molecule is Cc1nc(N(C)CCOc2ccc(/C=C3/SC(=O)NC3=O)cc2)oc1C. The highest BCUT2D eigenvalue weighted by molar-refractivity contribution is 8.18. The van der Waals surface area contributed by atoms with Gasteiger partial charge in [0, 0.05) is 7.05 Å². The van der Waals surface area contributed by atoms with E-state index >= 15 is 0 Å². The highest BCUT2D eigenvalue weighted by atomic mass is 32.2. The van der Waals surface area contributed by atoms with Crippen LogP contribution in [0.4, 0.5) is 10.8 Å². The van der Waals surface area contributed by atoms with E-state index < -0.39 is 0 Å². The van der Waals surface area contributed by atoms with E-state index in [9.17, 15) is 9.59 Å². The molecule has 26 heavy (non-hydrogen) atoms. The average molecular weight is 373 g/mol. The predicted octanol–water partition coefficient (Wildman–Crippen LogP) is 3.13. The summed E-state index contributed by atoms with van der Waals surface area (Å²) in [6.45, 7) is 4.90. The van der Waals surface area contributed by atoms with Crippen LogP contribution in [0.3, 0.4) is 0 Å². The Morgan fingerprint density at radius 3 is 2.58 bits per heavy atom. The van der Waals surface area contributed by atoms with Gasteiger partial charge < -0.3 is 14.1 Å². The molecule has 1 aromatic heterocycles. The number of aromatic nitrogens is 1. The van der Waals surface area contributed by atoms with Crippen LogP contribution >= 0.6 is 11.8 Å². The zero-order valence-corrected chi connectivity index (χ0v) is 15.6. The average Bonchev–Trinajstić information content (AvgIpc) is 3.10. The van der Waals surface area contributed by atoms with Crippen molar-refractivity contribution >= 4 is 35.0 Å². The Balaban J connectivity index is 1.52. The van der Waals surface area contributed by atoms with Crippen LogP contribution in [-0.2, 0) is 4.79 Å². The van der Waals surface area contributed by atoms with E-state index in [1.165, 1.54) is 0 Å². The van der Waals surface area contributed by atoms with Gasteiger partial charge in [-0.05, 0) is 49.4 Å². The first-order valence-electron chi connectivity index (χ1n) is 8.05. The quantitative estimate of drug-likeness (QED) is 0.779. The summed E-state index contributed by atoms with van der Waals surface area (Å²) >= 11 is 0.900. The van der Waals surface area contributed by atoms with E-state index in [-0.39, 0.29) is 11.1 Å². The van der Waals surface area contributed by atoms with Crippen molar-refractivity contribution in [3.63, 3.8) is 0 Å². The molecule has 2 heterocycles. The first-order chi connectivity index (χ1) is 12.4. The van der Waals surface area contributed by atoms with Gasteiger partial charge in [0.2, 0.25) is 0 Å². The van der Waals surface area contributed by atoms with Gasteiger partial charge in [0.25, 0.3) is 17.2 Å². The van der Waals surface area contributed by atoms with E-state index in [0.29, 0.717) is 24.1 Å². The minimum atomic E-state index is -0.361. The molecule has 2 amide bonds. The number of aryl methyl sites for hydroxylation is 2. The first kappa shape index (κ1) is 18.1. The molecule has 0 spiro atoms. The molecular formula is C18H19N3O4S. The summed E-state index contributed by atoms with van der Waals surface area (Å²) in [6.07, 6.45) is 1.68. The zero-order valence-electron chi connectivity index (χ0n) is 14.7. The molecule has 0 aliphatic carbocycles. The molecule has 1 aliphatic rings. The molecule has 0 saturated carbocycles. The van der Waals surface area contributed by atoms with Gasteiger partial charge in [0.15, 0.2) is 0 Å². The van der Waals surface area contributed by atoms with Crippen molar-refractivity contribution in [1.82, 2.24) is 10.3 Å². The molecule has 0 bridgehead atoms. The molecule has 136 valence electrons. The number of likely N-dealkylation sites (N-methyl/N-ethyl adjacent to an activating group) is 1. The number of amides is 2. The van der Waals surface area contributed by atoms with Gasteiger partial charge in [0.1, 0.15) is 18.1 Å². The molecule has 1 aromatic carbocycles. The maximum absolute atomic E-state index is 11.5. The monoisotopic (exact) mass is 373 g/mol. The second kappa shape index (κ2) is 7.65. The molecule has 1 saturated heterocycles. The van der Waals surface area contributed by atoms with Gasteiger partial charge in [-0.2, -0.15) is 4.98 Å². The lowest BCUT2D eigenvalue weighted by atomic mass is 10.2. The van der Waals surface area contributed by atoms with Gasteiger partial charge in [-0.25, -0.2) is 0 Å². The van der Waals surface area contributed by atoms with Crippen LogP contribution in [0.5, 0.6) is 5.75 Å². The first-order valence-corrected chi connectivity index (χ1v) is 8.87. The van der Waals surface area contributed by atoms with Crippen LogP contribution in [-0.4, -0.2) is 36.3 Å². The van der Waals surface area contributed by atoms with Crippen LogP contribution in [0.15, 0.2) is 33.6 Å². The number of rotatable bonds is 6. The maximum atomic E-state index is 11.5. The molecule has 1 aliphatic heterocycles. The predicted molar refractivity (Wildman–Crippen MR) is 100 cm³/mol. The minimum absolute atomic E-state index is 0.346. The number of nitrogens with one attached hydrogen (secondary N) is 1. The van der Waals surface area contributed by atoms with Crippen molar-refractivity contribution in [3.8, 4) is 5.75 Å². The minimum Gasteiger partial charge on any atom is -0.492 e. The third-order valence-corrected chi connectivity index (χ3v) is 4.67. The smallest absolute Gasteiger partial charge is 0.297 e. The van der Waals surface area contributed by atoms with Crippen molar-refractivity contribution in [3.05, 3.63) is 46.2 Å². The van der Waals surface area contributed by atoms with Crippen LogP contribution < -0.4 is 15.0 Å². The fraction of sp³-hybridized carbons (Fsp3) is 0.278. The van der Waals surface area contributed by atoms with Crippen LogP contribution in [0, 0.1) is 13.8 Å². The molecule has 0 unspecified atom stereocenters. The molecular weight excluding hydrogens is 354 g/mol. The number of carbonyl (C=O) groups excluding carboxylic acids is 2. The number of benzene rings is 1. The standard InChI is InChI=1S/C18H19N3O4S/c1-11-12(2)25-17(19-11)21(3)8-9-24-14-6-4-13(5-7-14)10-15-16(22)20-18(23)26-15/h4-7,10H,8-9H2,1-3H3,(H,20,22,23)/b15-10+. The zero-order chi connectivity index (χ0) is 18.7. The lowest BCUT2D eigenvalue weighted by Crippen LogP contribution is -2.24. The Bertz CT molecular complexity index is 838. The van der Waals surface area contributed by atoms with Crippen LogP contribution in [0.25, 0.3) is 6.08 Å². The molecule has 7 nitrogen and oxygen atoms in total. The molecule has 2 aromatic rings. The summed E-state index contributed by atoms with van der Waals surface area (Å²) in [5.41, 5.74) is 1.71. The Morgan fingerprint density at radius 1 is 1.27 bits per heavy atom. The Morgan fingerprint density at radius 2 is 2.00 bits per heavy atom. The largest absolute Gasteiger partial charge is 0.492 e. The molecule has 0 radical (unpaired) electrons. The van der Waals surface area contributed by atoms with Crippen LogP contribution in [0.1, 0.15) is 17.0 Å². The summed E-state index contributed by atoms with van der Waals surface area (Å²) in [5, 5.41) is 1.88. The van der Waals surface area contributed by atoms with Gasteiger partial charge in [-0.1, -0.05) is 12.1 Å². The van der Waals surface area contributed by atoms with Crippen molar-refractivity contribution in [2.45, 2.75) is 13.8 Å². The third-order valence-electron chi connectivity index (χ3n) is 3.86. The summed E-state index contributed by atoms with van der Waals surface area (Å²) < 4.78 is 11.3. The van der Waals surface area contributed by atoms with Crippen LogP contribution in [0.2, 0.25) is 0 Å². The van der Waals surface area contributed by atoms with E-state index in [4.69, 9.17) is 9.15 Å². The number of imide groups is 1. The number of hydrogen-bond acceptors (Lipinski definition) is 7. The van der Waals surface area contributed by atoms with Crippen molar-refractivity contribution in [2.75, 3.05) is 25.1 Å². The number of anilines is 1. The Labute approximate surface area is 155 Å². The molecule has 0 atom stereocenters. The third kappa shape index (κ3) is 4.26. The summed E-state index contributed by atoms with van der Waals surface area (Å²) in [5.74, 6) is 1.17. The second-order valence-corrected chi connectivity index (χ2v) is 6.84. The number of oxazole rings is 1. The topological polar surface area (TPSA) is 84.7 Å². The maximum Gasteiger partial charge on any atom is 0.297 e. The van der Waals surface area contributed by atoms with E-state index in [1.807, 2.05) is 50.1 Å². The van der Waals surface area contributed by atoms with Crippen molar-refractivity contribution in [1.29, 1.82) is 0 Å². The lowest BCUT2D eigenvalue weighted by molar-refractivity contribution is -0.115. The number of hydrogen-bond donors (Lipinski definition) is 1. The fourth-order valence-electron chi connectivity index (χ4n) is 2.25. The van der Waals surface area contributed by atoms with Crippen molar-refractivity contribution < 1.29 is 18.7 Å². The van der Waals surface area contributed by atoms with Crippen molar-refractivity contribution in [2.24, 2.45) is 0 Å². The number of carbonyl (C=O) groups is 2. The van der Waals surface area contributed by atoms with E-state index in [1.54, 1.807) is 6.08 Å². The Hall–Kier alpha value is -2.74. The van der Waals surface area contributed by atoms with Gasteiger partial charge >= 0.3 is 0 Å². The summed E-state index contributed by atoms with van der Waals surface area (Å²) in [6, 6.07) is 7.90. The number of nitrogens with zero attached hydrogens (tertiary/aromatic N) is 2. The summed E-state index contributed by atoms with van der Waals surface area (Å²) in [7, 11) is 1.90. The number of thioether (sulfide) groups is 1. The molecule has 1 N–H and O–H groups in total. The van der Waals surface area contributed by atoms with Gasteiger partial charge in [-0.15, -0.1) is 0 Å². The highest BCUT2D eigenvalue weighted by Gasteiger charge is 2.24. The van der Waals surface area contributed by atoms with Gasteiger partial charge in [-0.3, -0.25) is 14.9 Å².